The van der Waals surface area contributed by atoms with Gasteiger partial charge in [0.1, 0.15) is 0 Å². The van der Waals surface area contributed by atoms with E-state index in [9.17, 15) is 0 Å². The second-order valence-corrected chi connectivity index (χ2v) is 1.34. The van der Waals surface area contributed by atoms with Gasteiger partial charge in [0.05, 0.1) is 0 Å². The minimum Gasteiger partial charge on any atom is -0.328 e. The molecule has 1 aliphatic carbocycles. The van der Waals surface area contributed by atoms with E-state index in [2.05, 4.69) is 6.57 Å². The lowest BCUT2D eigenvalue weighted by atomic mass is 10.8. The van der Waals surface area contributed by atoms with E-state index in [0.717, 1.165) is 0 Å². The average molecular weight is 84.1 g/mol. The molecule has 0 aromatic carbocycles. The minimum atomic E-state index is 0.583. The molecule has 0 radical (unpaired) electrons. The monoisotopic (exact) mass is 84.1 g/mol. The van der Waals surface area contributed by atoms with Crippen molar-refractivity contribution < 1.29 is 0 Å². The number of hydrogen-bond acceptors (Lipinski definition) is 2. The molecule has 34 valence electrons. The first-order chi connectivity index (χ1) is 2.89. The Kier molecular flexibility index (Phi) is 2.43. The standard InChI is InChI=1S/C3H7N.CHN/c4-3-1-2-3;1-2/h3H,1-2,4H2;1H. The molecule has 1 saturated carbocycles. The molecule has 2 N–H and O–H groups in total. The van der Waals surface area contributed by atoms with Gasteiger partial charge in [-0.25, -0.2) is 5.26 Å². The summed E-state index contributed by atoms with van der Waals surface area (Å²) in [5.41, 5.74) is 5.22. The Labute approximate surface area is 37.6 Å². The van der Waals surface area contributed by atoms with Crippen molar-refractivity contribution >= 4 is 0 Å². The summed E-state index contributed by atoms with van der Waals surface area (Å²) in [6.45, 7) is 3.50. The fraction of sp³-hybridized carbons (Fsp3) is 0.750. The first-order valence-electron chi connectivity index (χ1n) is 1.91. The Bertz CT molecular complexity index is 44.8. The van der Waals surface area contributed by atoms with E-state index in [-0.39, 0.29) is 0 Å². The molecule has 0 spiro atoms. The van der Waals surface area contributed by atoms with Crippen LogP contribution in [0.25, 0.3) is 0 Å². The Morgan fingerprint density at radius 1 is 1.50 bits per heavy atom. The largest absolute Gasteiger partial charge is 0.328 e. The second kappa shape index (κ2) is 2.67. The highest BCUT2D eigenvalue weighted by molar-refractivity contribution is 4.75. The second-order valence-electron chi connectivity index (χ2n) is 1.34. The summed E-state index contributed by atoms with van der Waals surface area (Å²) in [5, 5.41) is 6.50. The molecule has 1 rings (SSSR count). The van der Waals surface area contributed by atoms with Gasteiger partial charge in [0.15, 0.2) is 0 Å². The molecule has 1 fully saturated rings. The molecule has 2 heteroatoms. The Morgan fingerprint density at radius 3 is 1.67 bits per heavy atom. The van der Waals surface area contributed by atoms with Gasteiger partial charge in [-0.15, -0.1) is 0 Å². The van der Waals surface area contributed by atoms with E-state index in [1.165, 1.54) is 12.8 Å². The van der Waals surface area contributed by atoms with Gasteiger partial charge in [-0.2, -0.15) is 0 Å². The Balaban J connectivity index is 0.000000112. The van der Waals surface area contributed by atoms with E-state index in [1.54, 1.807) is 0 Å². The molecule has 0 amide bonds. The van der Waals surface area contributed by atoms with Crippen LogP contribution >= 0.6 is 0 Å². The maximum atomic E-state index is 6.50. The first-order valence-corrected chi connectivity index (χ1v) is 1.91. The molecule has 0 saturated heterocycles. The van der Waals surface area contributed by atoms with Crippen molar-refractivity contribution in [1.82, 2.24) is 0 Å². The fourth-order valence-corrected chi connectivity index (χ4v) is 0.0962. The molecule has 0 bridgehead atoms. The van der Waals surface area contributed by atoms with Gasteiger partial charge in [-0.05, 0) is 12.8 Å². The fourth-order valence-electron chi connectivity index (χ4n) is 0.0962. The molecular formula is C4H8N2. The summed E-state index contributed by atoms with van der Waals surface area (Å²) in [6, 6.07) is 0.583. The van der Waals surface area contributed by atoms with Gasteiger partial charge >= 0.3 is 0 Å². The zero-order chi connectivity index (χ0) is 4.99. The summed E-state index contributed by atoms with van der Waals surface area (Å²) in [6.07, 6.45) is 2.53. The summed E-state index contributed by atoms with van der Waals surface area (Å²) in [4.78, 5) is 0. The van der Waals surface area contributed by atoms with Crippen LogP contribution in [0, 0.1) is 11.8 Å². The average Bonchev–Trinajstić information content (AvgIpc) is 2.30. The van der Waals surface area contributed by atoms with Crippen molar-refractivity contribution in [2.75, 3.05) is 0 Å². The van der Waals surface area contributed by atoms with E-state index >= 15 is 0 Å². The minimum absolute atomic E-state index is 0.583. The SMILES string of the molecule is C#N.NC1CC1. The summed E-state index contributed by atoms with van der Waals surface area (Å²) in [5.74, 6) is 0. The summed E-state index contributed by atoms with van der Waals surface area (Å²) >= 11 is 0. The van der Waals surface area contributed by atoms with Gasteiger partial charge in [-0.3, -0.25) is 0 Å². The molecule has 6 heavy (non-hydrogen) atoms. The van der Waals surface area contributed by atoms with Gasteiger partial charge in [0, 0.05) is 12.6 Å². The van der Waals surface area contributed by atoms with Gasteiger partial charge in [-0.1, -0.05) is 0 Å². The van der Waals surface area contributed by atoms with Crippen LogP contribution in [0.5, 0.6) is 0 Å². The van der Waals surface area contributed by atoms with Crippen LogP contribution in [-0.2, 0) is 0 Å². The van der Waals surface area contributed by atoms with E-state index in [4.69, 9.17) is 11.0 Å². The van der Waals surface area contributed by atoms with Crippen molar-refractivity contribution in [2.45, 2.75) is 18.9 Å². The van der Waals surface area contributed by atoms with Gasteiger partial charge in [0.2, 0.25) is 0 Å². The number of hydrogen-bond donors (Lipinski definition) is 1. The summed E-state index contributed by atoms with van der Waals surface area (Å²) in [7, 11) is 0. The Hall–Kier alpha value is -0.550. The van der Waals surface area contributed by atoms with Crippen LogP contribution in [0.4, 0.5) is 0 Å². The molecule has 0 aromatic heterocycles. The number of nitrogens with zero attached hydrogens (tertiary/aromatic N) is 1. The normalized spacial score (nSPS) is 17.8. The van der Waals surface area contributed by atoms with Gasteiger partial charge in [0.25, 0.3) is 0 Å². The van der Waals surface area contributed by atoms with Crippen molar-refractivity contribution in [3.8, 4) is 6.57 Å². The number of nitrogens with two attached hydrogens (primary N) is 1. The quantitative estimate of drug-likeness (QED) is 0.457. The highest BCUT2D eigenvalue weighted by Gasteiger charge is 2.13. The number of nitriles is 1. The third-order valence-electron chi connectivity index (χ3n) is 0.622. The van der Waals surface area contributed by atoms with Crippen LogP contribution in [0.2, 0.25) is 0 Å². The van der Waals surface area contributed by atoms with Crippen LogP contribution in [0.15, 0.2) is 0 Å². The molecule has 0 unspecified atom stereocenters. The molecule has 0 aliphatic heterocycles. The topological polar surface area (TPSA) is 49.8 Å². The molecule has 1 aliphatic rings. The summed E-state index contributed by atoms with van der Waals surface area (Å²) < 4.78 is 0. The highest BCUT2D eigenvalue weighted by atomic mass is 14.7. The lowest BCUT2D eigenvalue weighted by molar-refractivity contribution is 1.07. The predicted octanol–water partition coefficient (Wildman–Crippen LogP) is 0.247. The third kappa shape index (κ3) is 3.45. The molecular weight excluding hydrogens is 76.1 g/mol. The highest BCUT2D eigenvalue weighted by Crippen LogP contribution is 2.13. The van der Waals surface area contributed by atoms with Crippen molar-refractivity contribution in [1.29, 1.82) is 5.26 Å². The molecule has 0 heterocycles. The predicted molar refractivity (Wildman–Crippen MR) is 23.9 cm³/mol. The zero-order valence-electron chi connectivity index (χ0n) is 3.59. The van der Waals surface area contributed by atoms with Crippen LogP contribution in [-0.4, -0.2) is 6.04 Å². The van der Waals surface area contributed by atoms with Crippen LogP contribution < -0.4 is 5.73 Å². The lowest BCUT2D eigenvalue weighted by Gasteiger charge is -1.58. The Morgan fingerprint density at radius 2 is 1.67 bits per heavy atom. The van der Waals surface area contributed by atoms with E-state index in [0.29, 0.717) is 6.04 Å². The van der Waals surface area contributed by atoms with Crippen LogP contribution in [0.3, 0.4) is 0 Å². The third-order valence-corrected chi connectivity index (χ3v) is 0.622. The van der Waals surface area contributed by atoms with E-state index < -0.39 is 0 Å². The number of rotatable bonds is 0. The molecule has 0 atom stereocenters. The van der Waals surface area contributed by atoms with Crippen molar-refractivity contribution in [2.24, 2.45) is 5.73 Å². The first kappa shape index (κ1) is 5.45. The molecule has 0 aromatic rings. The van der Waals surface area contributed by atoms with E-state index in [1.807, 2.05) is 0 Å². The van der Waals surface area contributed by atoms with Gasteiger partial charge < -0.3 is 5.73 Å². The van der Waals surface area contributed by atoms with Crippen molar-refractivity contribution in [3.63, 3.8) is 0 Å². The smallest absolute Gasteiger partial charge is 0.0462 e. The zero-order valence-corrected chi connectivity index (χ0v) is 3.59. The lowest BCUT2D eigenvalue weighted by Crippen LogP contribution is -1.94. The van der Waals surface area contributed by atoms with Crippen molar-refractivity contribution in [3.05, 3.63) is 0 Å². The van der Waals surface area contributed by atoms with Crippen LogP contribution in [0.1, 0.15) is 12.8 Å². The maximum absolute atomic E-state index is 6.50. The molecule has 2 nitrogen and oxygen atoms in total. The maximum Gasteiger partial charge on any atom is 0.0462 e.